The van der Waals surface area contributed by atoms with Gasteiger partial charge < -0.3 is 5.32 Å². The first-order valence-corrected chi connectivity index (χ1v) is 6.38. The van der Waals surface area contributed by atoms with Crippen LogP contribution in [0, 0.1) is 12.8 Å². The Kier molecular flexibility index (Phi) is 3.64. The Morgan fingerprint density at radius 1 is 1.38 bits per heavy atom. The molecule has 1 saturated carbocycles. The number of aryl methyl sites for hydroxylation is 2. The second-order valence-corrected chi connectivity index (χ2v) is 5.24. The molecule has 0 bridgehead atoms. The second kappa shape index (κ2) is 5.00. The van der Waals surface area contributed by atoms with Gasteiger partial charge in [-0.2, -0.15) is 5.10 Å². The van der Waals surface area contributed by atoms with Crippen molar-refractivity contribution in [2.24, 2.45) is 13.0 Å². The van der Waals surface area contributed by atoms with E-state index < -0.39 is 0 Å². The van der Waals surface area contributed by atoms with Crippen molar-refractivity contribution in [3.63, 3.8) is 0 Å². The van der Waals surface area contributed by atoms with Crippen molar-refractivity contribution in [3.05, 3.63) is 17.5 Å². The first-order chi connectivity index (χ1) is 7.65. The van der Waals surface area contributed by atoms with E-state index in [4.69, 9.17) is 0 Å². The van der Waals surface area contributed by atoms with E-state index in [-0.39, 0.29) is 0 Å². The van der Waals surface area contributed by atoms with Crippen LogP contribution in [0.15, 0.2) is 6.07 Å². The maximum atomic E-state index is 4.36. The number of rotatable bonds is 3. The van der Waals surface area contributed by atoms with Gasteiger partial charge in [-0.1, -0.05) is 6.92 Å². The highest BCUT2D eigenvalue weighted by Crippen LogP contribution is 2.23. The molecular formula is C13H23N3. The molecule has 0 aliphatic heterocycles. The summed E-state index contributed by atoms with van der Waals surface area (Å²) in [6.07, 6.45) is 5.42. The van der Waals surface area contributed by atoms with E-state index >= 15 is 0 Å². The Bertz CT molecular complexity index is 335. The van der Waals surface area contributed by atoms with Crippen molar-refractivity contribution in [1.82, 2.24) is 15.1 Å². The van der Waals surface area contributed by atoms with Gasteiger partial charge in [0.1, 0.15) is 0 Å². The largest absolute Gasteiger partial charge is 0.308 e. The zero-order chi connectivity index (χ0) is 11.5. The Balaban J connectivity index is 1.81. The molecule has 1 aromatic rings. The molecule has 0 atom stereocenters. The fourth-order valence-electron chi connectivity index (χ4n) is 2.54. The van der Waals surface area contributed by atoms with E-state index in [2.05, 4.69) is 23.4 Å². The number of hydrogen-bond acceptors (Lipinski definition) is 2. The lowest BCUT2D eigenvalue weighted by Crippen LogP contribution is -2.32. The molecular weight excluding hydrogens is 198 g/mol. The quantitative estimate of drug-likeness (QED) is 0.849. The molecule has 1 aliphatic rings. The number of aromatic nitrogens is 2. The summed E-state index contributed by atoms with van der Waals surface area (Å²) in [5.41, 5.74) is 2.40. The van der Waals surface area contributed by atoms with Gasteiger partial charge in [-0.05, 0) is 44.6 Å². The predicted molar refractivity (Wildman–Crippen MR) is 66.2 cm³/mol. The first kappa shape index (κ1) is 11.6. The summed E-state index contributed by atoms with van der Waals surface area (Å²) < 4.78 is 1.98. The topological polar surface area (TPSA) is 29.9 Å². The summed E-state index contributed by atoms with van der Waals surface area (Å²) in [6.45, 7) is 5.36. The molecule has 1 aliphatic carbocycles. The van der Waals surface area contributed by atoms with Crippen LogP contribution in [0.5, 0.6) is 0 Å². The van der Waals surface area contributed by atoms with Gasteiger partial charge in [0.15, 0.2) is 0 Å². The van der Waals surface area contributed by atoms with Crippen molar-refractivity contribution >= 4 is 0 Å². The fourth-order valence-corrected chi connectivity index (χ4v) is 2.54. The molecule has 3 nitrogen and oxygen atoms in total. The summed E-state index contributed by atoms with van der Waals surface area (Å²) in [5.74, 6) is 0.928. The Hall–Kier alpha value is -0.830. The van der Waals surface area contributed by atoms with Crippen LogP contribution < -0.4 is 5.32 Å². The molecule has 16 heavy (non-hydrogen) atoms. The van der Waals surface area contributed by atoms with Gasteiger partial charge in [-0.15, -0.1) is 0 Å². The highest BCUT2D eigenvalue weighted by atomic mass is 15.3. The van der Waals surface area contributed by atoms with E-state index in [9.17, 15) is 0 Å². The Morgan fingerprint density at radius 3 is 2.62 bits per heavy atom. The fraction of sp³-hybridized carbons (Fsp3) is 0.769. The summed E-state index contributed by atoms with van der Waals surface area (Å²) in [7, 11) is 2.02. The molecule has 2 rings (SSSR count). The van der Waals surface area contributed by atoms with Crippen LogP contribution in [-0.2, 0) is 13.6 Å². The van der Waals surface area contributed by atoms with Crippen molar-refractivity contribution in [2.75, 3.05) is 0 Å². The molecule has 1 N–H and O–H groups in total. The molecule has 0 saturated heterocycles. The average Bonchev–Trinajstić information content (AvgIpc) is 2.57. The molecule has 3 heteroatoms. The predicted octanol–water partition coefficient (Wildman–Crippen LogP) is 2.40. The molecule has 1 aromatic heterocycles. The third kappa shape index (κ3) is 2.85. The summed E-state index contributed by atoms with van der Waals surface area (Å²) in [4.78, 5) is 0. The lowest BCUT2D eigenvalue weighted by Gasteiger charge is -2.27. The van der Waals surface area contributed by atoms with Crippen molar-refractivity contribution in [2.45, 2.75) is 52.1 Å². The molecule has 0 radical (unpaired) electrons. The van der Waals surface area contributed by atoms with Gasteiger partial charge in [0, 0.05) is 19.6 Å². The average molecular weight is 221 g/mol. The van der Waals surface area contributed by atoms with Gasteiger partial charge >= 0.3 is 0 Å². The third-order valence-electron chi connectivity index (χ3n) is 3.69. The smallest absolute Gasteiger partial charge is 0.0597 e. The minimum absolute atomic E-state index is 0.714. The number of nitrogens with zero attached hydrogens (tertiary/aromatic N) is 2. The minimum atomic E-state index is 0.714. The highest BCUT2D eigenvalue weighted by molar-refractivity contribution is 5.08. The van der Waals surface area contributed by atoms with E-state index in [1.807, 2.05) is 18.7 Å². The maximum absolute atomic E-state index is 4.36. The molecule has 1 fully saturated rings. The van der Waals surface area contributed by atoms with E-state index in [0.717, 1.165) is 18.2 Å². The molecule has 0 unspecified atom stereocenters. The summed E-state index contributed by atoms with van der Waals surface area (Å²) >= 11 is 0. The SMILES string of the molecule is Cc1cc(CNC2CCC(C)CC2)n(C)n1. The zero-order valence-corrected chi connectivity index (χ0v) is 10.7. The zero-order valence-electron chi connectivity index (χ0n) is 10.7. The summed E-state index contributed by atoms with van der Waals surface area (Å²) in [6, 6.07) is 2.88. The van der Waals surface area contributed by atoms with Crippen LogP contribution >= 0.6 is 0 Å². The maximum Gasteiger partial charge on any atom is 0.0597 e. The van der Waals surface area contributed by atoms with E-state index in [1.54, 1.807) is 0 Å². The van der Waals surface area contributed by atoms with Gasteiger partial charge in [-0.25, -0.2) is 0 Å². The lowest BCUT2D eigenvalue weighted by molar-refractivity contribution is 0.305. The van der Waals surface area contributed by atoms with Crippen molar-refractivity contribution < 1.29 is 0 Å². The number of hydrogen-bond donors (Lipinski definition) is 1. The van der Waals surface area contributed by atoms with Crippen LogP contribution in [0.2, 0.25) is 0 Å². The van der Waals surface area contributed by atoms with E-state index in [1.165, 1.54) is 31.4 Å². The molecule has 1 heterocycles. The Labute approximate surface area is 98.2 Å². The number of nitrogens with one attached hydrogen (secondary N) is 1. The van der Waals surface area contributed by atoms with Crippen LogP contribution in [0.1, 0.15) is 44.0 Å². The Morgan fingerprint density at radius 2 is 2.06 bits per heavy atom. The van der Waals surface area contributed by atoms with Crippen molar-refractivity contribution in [3.8, 4) is 0 Å². The molecule has 0 spiro atoms. The monoisotopic (exact) mass is 221 g/mol. The van der Waals surface area contributed by atoms with Crippen LogP contribution in [-0.4, -0.2) is 15.8 Å². The van der Waals surface area contributed by atoms with Crippen LogP contribution in [0.4, 0.5) is 0 Å². The molecule has 0 aromatic carbocycles. The van der Waals surface area contributed by atoms with Crippen LogP contribution in [0.3, 0.4) is 0 Å². The van der Waals surface area contributed by atoms with Crippen molar-refractivity contribution in [1.29, 1.82) is 0 Å². The first-order valence-electron chi connectivity index (χ1n) is 6.38. The van der Waals surface area contributed by atoms with Gasteiger partial charge in [0.2, 0.25) is 0 Å². The van der Waals surface area contributed by atoms with Gasteiger partial charge in [-0.3, -0.25) is 4.68 Å². The molecule has 90 valence electrons. The second-order valence-electron chi connectivity index (χ2n) is 5.24. The highest BCUT2D eigenvalue weighted by Gasteiger charge is 2.17. The van der Waals surface area contributed by atoms with Gasteiger partial charge in [0.25, 0.3) is 0 Å². The van der Waals surface area contributed by atoms with E-state index in [0.29, 0.717) is 6.04 Å². The van der Waals surface area contributed by atoms with Crippen LogP contribution in [0.25, 0.3) is 0 Å². The molecule has 0 amide bonds. The third-order valence-corrected chi connectivity index (χ3v) is 3.69. The minimum Gasteiger partial charge on any atom is -0.308 e. The summed E-state index contributed by atoms with van der Waals surface area (Å²) in [5, 5.41) is 8.02. The lowest BCUT2D eigenvalue weighted by atomic mass is 9.87. The standard InChI is InChI=1S/C13H23N3/c1-10-4-6-12(7-5-10)14-9-13-8-11(2)15-16(13)3/h8,10,12,14H,4-7,9H2,1-3H3. The van der Waals surface area contributed by atoms with Gasteiger partial charge in [0.05, 0.1) is 11.4 Å². The normalized spacial score (nSPS) is 25.9.